The highest BCUT2D eigenvalue weighted by Gasteiger charge is 2.13. The summed E-state index contributed by atoms with van der Waals surface area (Å²) in [6, 6.07) is 0.412. The van der Waals surface area contributed by atoms with E-state index in [9.17, 15) is 0 Å². The van der Waals surface area contributed by atoms with Crippen LogP contribution in [0.4, 0.5) is 0 Å². The van der Waals surface area contributed by atoms with Crippen LogP contribution in [0.25, 0.3) is 0 Å². The molecule has 120 valence electrons. The number of hydrogen-bond acceptors (Lipinski definition) is 3. The Bertz CT molecular complexity index is 262. The molecule has 0 aromatic heterocycles. The second-order valence-electron chi connectivity index (χ2n) is 6.25. The Labute approximate surface area is 124 Å². The van der Waals surface area contributed by atoms with E-state index in [1.807, 2.05) is 0 Å². The van der Waals surface area contributed by atoms with Crippen LogP contribution in [0, 0.1) is 5.41 Å². The van der Waals surface area contributed by atoms with Gasteiger partial charge in [-0.25, -0.2) is 0 Å². The minimum absolute atomic E-state index is 0.377. The maximum absolute atomic E-state index is 5.40. The first-order valence-electron chi connectivity index (χ1n) is 7.43. The van der Waals surface area contributed by atoms with Gasteiger partial charge in [-0.05, 0) is 25.2 Å². The smallest absolute Gasteiger partial charge is 0.191 e. The van der Waals surface area contributed by atoms with Crippen molar-refractivity contribution in [2.45, 2.75) is 46.6 Å². The predicted molar refractivity (Wildman–Crippen MR) is 85.3 cm³/mol. The van der Waals surface area contributed by atoms with Crippen LogP contribution in [0.15, 0.2) is 4.99 Å². The summed E-state index contributed by atoms with van der Waals surface area (Å²) in [5.74, 6) is 0.835. The number of methoxy groups -OCH3 is 1. The highest BCUT2D eigenvalue weighted by molar-refractivity contribution is 5.79. The molecule has 2 N–H and O–H groups in total. The quantitative estimate of drug-likeness (QED) is 0.387. The molecule has 5 nitrogen and oxygen atoms in total. The van der Waals surface area contributed by atoms with Gasteiger partial charge in [0, 0.05) is 26.7 Å². The third kappa shape index (κ3) is 12.2. The number of aliphatic imine (C=N–C) groups is 1. The summed E-state index contributed by atoms with van der Waals surface area (Å²) in [7, 11) is 3.46. The first-order valence-corrected chi connectivity index (χ1v) is 7.43. The van der Waals surface area contributed by atoms with E-state index in [0.29, 0.717) is 31.3 Å². The zero-order valence-electron chi connectivity index (χ0n) is 14.1. The van der Waals surface area contributed by atoms with Gasteiger partial charge in [0.05, 0.1) is 19.8 Å². The van der Waals surface area contributed by atoms with Crippen molar-refractivity contribution in [2.75, 3.05) is 40.5 Å². The molecule has 0 rings (SSSR count). The molecule has 0 bridgehead atoms. The van der Waals surface area contributed by atoms with Gasteiger partial charge in [0.15, 0.2) is 5.96 Å². The number of nitrogens with one attached hydrogen (secondary N) is 2. The molecule has 0 saturated carbocycles. The van der Waals surface area contributed by atoms with Gasteiger partial charge in [-0.1, -0.05) is 20.8 Å². The highest BCUT2D eigenvalue weighted by atomic mass is 16.5. The van der Waals surface area contributed by atoms with Crippen molar-refractivity contribution < 1.29 is 9.47 Å². The summed E-state index contributed by atoms with van der Waals surface area (Å²) >= 11 is 0. The number of hydrogen-bond donors (Lipinski definition) is 2. The first-order chi connectivity index (χ1) is 9.39. The standard InChI is InChI=1S/C15H33N3O2/c1-13(7-8-15(2,3)4)18-14(16-5)17-9-10-20-12-11-19-6/h13H,7-12H2,1-6H3,(H2,16,17,18). The Balaban J connectivity index is 3.75. The van der Waals surface area contributed by atoms with E-state index in [0.717, 1.165) is 18.9 Å². The van der Waals surface area contributed by atoms with E-state index in [2.05, 4.69) is 43.3 Å². The lowest BCUT2D eigenvalue weighted by Crippen LogP contribution is -2.43. The third-order valence-electron chi connectivity index (χ3n) is 2.90. The first kappa shape index (κ1) is 19.2. The van der Waals surface area contributed by atoms with E-state index in [-0.39, 0.29) is 0 Å². The molecule has 0 spiro atoms. The van der Waals surface area contributed by atoms with Gasteiger partial charge < -0.3 is 20.1 Å². The summed E-state index contributed by atoms with van der Waals surface area (Å²) in [5, 5.41) is 6.65. The fourth-order valence-corrected chi connectivity index (χ4v) is 1.64. The second kappa shape index (κ2) is 10.9. The van der Waals surface area contributed by atoms with Crippen LogP contribution in [0.2, 0.25) is 0 Å². The maximum atomic E-state index is 5.40. The molecule has 1 unspecified atom stereocenters. The molecule has 0 fully saturated rings. The lowest BCUT2D eigenvalue weighted by Gasteiger charge is -2.23. The highest BCUT2D eigenvalue weighted by Crippen LogP contribution is 2.21. The van der Waals surface area contributed by atoms with Gasteiger partial charge in [0.2, 0.25) is 0 Å². The van der Waals surface area contributed by atoms with E-state index in [1.54, 1.807) is 14.2 Å². The van der Waals surface area contributed by atoms with Crippen LogP contribution in [-0.4, -0.2) is 52.5 Å². The Morgan fingerprint density at radius 1 is 1.20 bits per heavy atom. The van der Waals surface area contributed by atoms with Crippen LogP contribution in [0.1, 0.15) is 40.5 Å². The Morgan fingerprint density at radius 3 is 2.45 bits per heavy atom. The summed E-state index contributed by atoms with van der Waals surface area (Å²) in [5.41, 5.74) is 0.377. The van der Waals surface area contributed by atoms with Gasteiger partial charge in [-0.3, -0.25) is 4.99 Å². The SMILES string of the molecule is CN=C(NCCOCCOC)NC(C)CCC(C)(C)C. The van der Waals surface area contributed by atoms with Gasteiger partial charge >= 0.3 is 0 Å². The third-order valence-corrected chi connectivity index (χ3v) is 2.90. The second-order valence-corrected chi connectivity index (χ2v) is 6.25. The molecular formula is C15H33N3O2. The molecule has 1 atom stereocenters. The Kier molecular flexibility index (Phi) is 10.5. The van der Waals surface area contributed by atoms with Crippen molar-refractivity contribution in [2.24, 2.45) is 10.4 Å². The van der Waals surface area contributed by atoms with E-state index in [1.165, 1.54) is 6.42 Å². The lowest BCUT2D eigenvalue weighted by atomic mass is 9.89. The van der Waals surface area contributed by atoms with Crippen molar-refractivity contribution in [3.05, 3.63) is 0 Å². The molecule has 20 heavy (non-hydrogen) atoms. The Morgan fingerprint density at radius 2 is 1.90 bits per heavy atom. The molecular weight excluding hydrogens is 254 g/mol. The molecule has 0 aromatic rings. The summed E-state index contributed by atoms with van der Waals surface area (Å²) in [6.07, 6.45) is 2.33. The Hall–Kier alpha value is -0.810. The van der Waals surface area contributed by atoms with Crippen LogP contribution >= 0.6 is 0 Å². The summed E-state index contributed by atoms with van der Waals surface area (Å²) in [6.45, 7) is 11.7. The van der Waals surface area contributed by atoms with Crippen molar-refractivity contribution in [1.82, 2.24) is 10.6 Å². The van der Waals surface area contributed by atoms with Gasteiger partial charge in [0.1, 0.15) is 0 Å². The summed E-state index contributed by atoms with van der Waals surface area (Å²) in [4.78, 5) is 4.22. The molecule has 0 heterocycles. The molecule has 0 radical (unpaired) electrons. The van der Waals surface area contributed by atoms with Crippen molar-refractivity contribution in [3.8, 4) is 0 Å². The number of guanidine groups is 1. The fraction of sp³-hybridized carbons (Fsp3) is 0.933. The van der Waals surface area contributed by atoms with Crippen LogP contribution < -0.4 is 10.6 Å². The molecule has 0 aliphatic heterocycles. The van der Waals surface area contributed by atoms with Crippen molar-refractivity contribution in [1.29, 1.82) is 0 Å². The minimum atomic E-state index is 0.377. The van der Waals surface area contributed by atoms with Crippen LogP contribution in [-0.2, 0) is 9.47 Å². The summed E-state index contributed by atoms with van der Waals surface area (Å²) < 4.78 is 10.3. The average Bonchev–Trinajstić information content (AvgIpc) is 2.38. The van der Waals surface area contributed by atoms with Crippen molar-refractivity contribution in [3.63, 3.8) is 0 Å². The topological polar surface area (TPSA) is 54.9 Å². The number of nitrogens with zero attached hydrogens (tertiary/aromatic N) is 1. The predicted octanol–water partition coefficient (Wildman–Crippen LogP) is 2.03. The number of ether oxygens (including phenoxy) is 2. The molecule has 5 heteroatoms. The van der Waals surface area contributed by atoms with E-state index in [4.69, 9.17) is 9.47 Å². The average molecular weight is 287 g/mol. The molecule has 0 aliphatic carbocycles. The van der Waals surface area contributed by atoms with E-state index < -0.39 is 0 Å². The fourth-order valence-electron chi connectivity index (χ4n) is 1.64. The van der Waals surface area contributed by atoms with Gasteiger partial charge in [0.25, 0.3) is 0 Å². The van der Waals surface area contributed by atoms with Gasteiger partial charge in [-0.15, -0.1) is 0 Å². The van der Waals surface area contributed by atoms with Crippen molar-refractivity contribution >= 4 is 5.96 Å². The molecule has 0 saturated heterocycles. The largest absolute Gasteiger partial charge is 0.382 e. The maximum Gasteiger partial charge on any atom is 0.191 e. The molecule has 0 aromatic carbocycles. The normalized spacial score (nSPS) is 14.2. The molecule has 0 amide bonds. The zero-order chi connectivity index (χ0) is 15.4. The van der Waals surface area contributed by atoms with Gasteiger partial charge in [-0.2, -0.15) is 0 Å². The van der Waals surface area contributed by atoms with E-state index >= 15 is 0 Å². The monoisotopic (exact) mass is 287 g/mol. The van der Waals surface area contributed by atoms with Crippen LogP contribution in [0.3, 0.4) is 0 Å². The minimum Gasteiger partial charge on any atom is -0.382 e. The lowest BCUT2D eigenvalue weighted by molar-refractivity contribution is 0.0733. The van der Waals surface area contributed by atoms with Crippen LogP contribution in [0.5, 0.6) is 0 Å². The molecule has 0 aliphatic rings. The number of rotatable bonds is 9. The zero-order valence-corrected chi connectivity index (χ0v) is 14.1.